The molecule has 22 heavy (non-hydrogen) atoms. The van der Waals surface area contributed by atoms with Gasteiger partial charge in [-0.1, -0.05) is 30.3 Å². The minimum absolute atomic E-state index is 0.141. The van der Waals surface area contributed by atoms with Gasteiger partial charge in [0.2, 0.25) is 0 Å². The number of carbonyl (C=O) groups is 1. The predicted octanol–water partition coefficient (Wildman–Crippen LogP) is 2.10. The SMILES string of the molecule is CN(CCO)C[C@H]1CCCCN1C(=O)OCc1ccccc1. The number of hydrogen-bond acceptors (Lipinski definition) is 4. The van der Waals surface area contributed by atoms with E-state index in [1.54, 1.807) is 0 Å². The average molecular weight is 306 g/mol. The van der Waals surface area contributed by atoms with Gasteiger partial charge in [0.05, 0.1) is 6.61 Å². The highest BCUT2D eigenvalue weighted by Crippen LogP contribution is 2.19. The van der Waals surface area contributed by atoms with E-state index in [4.69, 9.17) is 9.84 Å². The zero-order valence-electron chi connectivity index (χ0n) is 13.3. The van der Waals surface area contributed by atoms with Gasteiger partial charge in [-0.05, 0) is 31.9 Å². The molecule has 0 saturated carbocycles. The van der Waals surface area contributed by atoms with Gasteiger partial charge >= 0.3 is 6.09 Å². The van der Waals surface area contributed by atoms with Gasteiger partial charge in [0.25, 0.3) is 0 Å². The number of amides is 1. The molecule has 0 radical (unpaired) electrons. The van der Waals surface area contributed by atoms with Gasteiger partial charge in [-0.2, -0.15) is 0 Å². The normalized spacial score (nSPS) is 18.5. The lowest BCUT2D eigenvalue weighted by Crippen LogP contribution is -2.49. The second-order valence-electron chi connectivity index (χ2n) is 5.87. The maximum atomic E-state index is 12.4. The molecule has 1 atom stereocenters. The molecule has 0 aromatic heterocycles. The van der Waals surface area contributed by atoms with Crippen molar-refractivity contribution < 1.29 is 14.6 Å². The molecule has 1 aliphatic rings. The Bertz CT molecular complexity index is 452. The van der Waals surface area contributed by atoms with Crippen molar-refractivity contribution in [1.82, 2.24) is 9.80 Å². The summed E-state index contributed by atoms with van der Waals surface area (Å²) in [5.41, 5.74) is 1.00. The van der Waals surface area contributed by atoms with E-state index in [0.29, 0.717) is 13.2 Å². The molecule has 1 amide bonds. The number of aliphatic hydroxyl groups excluding tert-OH is 1. The average Bonchev–Trinajstić information content (AvgIpc) is 2.54. The standard InChI is InChI=1S/C17H26N2O3/c1-18(11-12-20)13-16-9-5-6-10-19(16)17(21)22-14-15-7-3-2-4-8-15/h2-4,7-8,16,20H,5-6,9-14H2,1H3/t16-/m1/s1. The fourth-order valence-electron chi connectivity index (χ4n) is 2.85. The van der Waals surface area contributed by atoms with Crippen molar-refractivity contribution in [2.45, 2.75) is 31.9 Å². The highest BCUT2D eigenvalue weighted by Gasteiger charge is 2.28. The van der Waals surface area contributed by atoms with Gasteiger partial charge in [-0.25, -0.2) is 4.79 Å². The van der Waals surface area contributed by atoms with Crippen LogP contribution < -0.4 is 0 Å². The maximum Gasteiger partial charge on any atom is 0.410 e. The number of nitrogens with zero attached hydrogens (tertiary/aromatic N) is 2. The van der Waals surface area contributed by atoms with Gasteiger partial charge in [0, 0.05) is 25.7 Å². The molecule has 1 heterocycles. The smallest absolute Gasteiger partial charge is 0.410 e. The van der Waals surface area contributed by atoms with Gasteiger partial charge in [0.15, 0.2) is 0 Å². The van der Waals surface area contributed by atoms with Crippen LogP contribution in [-0.2, 0) is 11.3 Å². The Morgan fingerprint density at radius 1 is 1.36 bits per heavy atom. The van der Waals surface area contributed by atoms with Crippen LogP contribution in [-0.4, -0.2) is 60.3 Å². The Labute approximate surface area is 132 Å². The molecule has 0 spiro atoms. The van der Waals surface area contributed by atoms with Crippen molar-refractivity contribution in [3.05, 3.63) is 35.9 Å². The third-order valence-corrected chi connectivity index (χ3v) is 4.07. The summed E-state index contributed by atoms with van der Waals surface area (Å²) in [6, 6.07) is 9.91. The number of hydrogen-bond donors (Lipinski definition) is 1. The summed E-state index contributed by atoms with van der Waals surface area (Å²) in [5, 5.41) is 9.00. The van der Waals surface area contributed by atoms with Gasteiger partial charge < -0.3 is 19.6 Å². The monoisotopic (exact) mass is 306 g/mol. The molecule has 122 valence electrons. The van der Waals surface area contributed by atoms with Crippen molar-refractivity contribution in [2.75, 3.05) is 33.3 Å². The van der Waals surface area contributed by atoms with Crippen LogP contribution in [0.15, 0.2) is 30.3 Å². The molecule has 1 fully saturated rings. The number of carbonyl (C=O) groups excluding carboxylic acids is 1. The van der Waals surface area contributed by atoms with E-state index < -0.39 is 0 Å². The third-order valence-electron chi connectivity index (χ3n) is 4.07. The number of benzene rings is 1. The van der Waals surface area contributed by atoms with Crippen LogP contribution in [0.25, 0.3) is 0 Å². The zero-order valence-corrected chi connectivity index (χ0v) is 13.3. The largest absolute Gasteiger partial charge is 0.445 e. The lowest BCUT2D eigenvalue weighted by molar-refractivity contribution is 0.0575. The molecule has 1 N–H and O–H groups in total. The van der Waals surface area contributed by atoms with Crippen LogP contribution in [0, 0.1) is 0 Å². The lowest BCUT2D eigenvalue weighted by atomic mass is 10.0. The fraction of sp³-hybridized carbons (Fsp3) is 0.588. The molecular weight excluding hydrogens is 280 g/mol. The lowest BCUT2D eigenvalue weighted by Gasteiger charge is -2.37. The minimum Gasteiger partial charge on any atom is -0.445 e. The molecule has 1 aliphatic heterocycles. The summed E-state index contributed by atoms with van der Waals surface area (Å²) < 4.78 is 5.46. The predicted molar refractivity (Wildman–Crippen MR) is 85.6 cm³/mol. The number of aliphatic hydroxyl groups is 1. The van der Waals surface area contributed by atoms with E-state index in [2.05, 4.69) is 4.90 Å². The van der Waals surface area contributed by atoms with Gasteiger partial charge in [-0.15, -0.1) is 0 Å². The molecule has 0 unspecified atom stereocenters. The first-order chi connectivity index (χ1) is 10.7. The van der Waals surface area contributed by atoms with Crippen LogP contribution >= 0.6 is 0 Å². The van der Waals surface area contributed by atoms with E-state index in [1.807, 2.05) is 42.3 Å². The quantitative estimate of drug-likeness (QED) is 0.874. The van der Waals surface area contributed by atoms with Crippen molar-refractivity contribution in [3.8, 4) is 0 Å². The zero-order chi connectivity index (χ0) is 15.8. The number of piperidine rings is 1. The summed E-state index contributed by atoms with van der Waals surface area (Å²) >= 11 is 0. The topological polar surface area (TPSA) is 53.0 Å². The number of likely N-dealkylation sites (N-methyl/N-ethyl adjacent to an activating group) is 1. The first-order valence-corrected chi connectivity index (χ1v) is 7.97. The molecule has 1 aromatic rings. The third kappa shape index (κ3) is 5.00. The van der Waals surface area contributed by atoms with E-state index in [0.717, 1.165) is 37.9 Å². The van der Waals surface area contributed by atoms with Crippen molar-refractivity contribution in [2.24, 2.45) is 0 Å². The molecule has 1 aromatic carbocycles. The van der Waals surface area contributed by atoms with E-state index in [9.17, 15) is 4.79 Å². The first kappa shape index (κ1) is 16.8. The number of ether oxygens (including phenoxy) is 1. The molecule has 5 heteroatoms. The Morgan fingerprint density at radius 2 is 2.14 bits per heavy atom. The van der Waals surface area contributed by atoms with Crippen LogP contribution in [0.1, 0.15) is 24.8 Å². The summed E-state index contributed by atoms with van der Waals surface area (Å²) in [6.07, 6.45) is 2.93. The summed E-state index contributed by atoms with van der Waals surface area (Å²) in [5.74, 6) is 0. The maximum absolute atomic E-state index is 12.4. The number of likely N-dealkylation sites (tertiary alicyclic amines) is 1. The number of rotatable bonds is 6. The molecule has 0 bridgehead atoms. The molecule has 5 nitrogen and oxygen atoms in total. The van der Waals surface area contributed by atoms with E-state index >= 15 is 0 Å². The van der Waals surface area contributed by atoms with Crippen LogP contribution in [0.3, 0.4) is 0 Å². The molecule has 2 rings (SSSR count). The van der Waals surface area contributed by atoms with Gasteiger partial charge in [0.1, 0.15) is 6.61 Å². The Kier molecular flexibility index (Phi) is 6.68. The highest BCUT2D eigenvalue weighted by molar-refractivity contribution is 5.68. The second kappa shape index (κ2) is 8.76. The Hall–Kier alpha value is -1.59. The van der Waals surface area contributed by atoms with E-state index in [1.165, 1.54) is 0 Å². The van der Waals surface area contributed by atoms with Crippen LogP contribution in [0.2, 0.25) is 0 Å². The van der Waals surface area contributed by atoms with Crippen LogP contribution in [0.5, 0.6) is 0 Å². The molecule has 0 aliphatic carbocycles. The fourth-order valence-corrected chi connectivity index (χ4v) is 2.85. The van der Waals surface area contributed by atoms with E-state index in [-0.39, 0.29) is 18.7 Å². The summed E-state index contributed by atoms with van der Waals surface area (Å²) in [4.78, 5) is 16.3. The molecular formula is C17H26N2O3. The van der Waals surface area contributed by atoms with Crippen molar-refractivity contribution in [1.29, 1.82) is 0 Å². The van der Waals surface area contributed by atoms with Crippen molar-refractivity contribution >= 4 is 6.09 Å². The van der Waals surface area contributed by atoms with Crippen LogP contribution in [0.4, 0.5) is 4.79 Å². The van der Waals surface area contributed by atoms with Gasteiger partial charge in [-0.3, -0.25) is 0 Å². The first-order valence-electron chi connectivity index (χ1n) is 7.97. The highest BCUT2D eigenvalue weighted by atomic mass is 16.6. The minimum atomic E-state index is -0.231. The summed E-state index contributed by atoms with van der Waals surface area (Å²) in [6.45, 7) is 2.62. The molecule has 1 saturated heterocycles. The van der Waals surface area contributed by atoms with Crippen molar-refractivity contribution in [3.63, 3.8) is 0 Å². The Balaban J connectivity index is 1.87. The Morgan fingerprint density at radius 3 is 2.86 bits per heavy atom. The second-order valence-corrected chi connectivity index (χ2v) is 5.87. The summed E-state index contributed by atoms with van der Waals surface area (Å²) in [7, 11) is 1.97.